The van der Waals surface area contributed by atoms with Crippen LogP contribution in [0.15, 0.2) is 214 Å². The van der Waals surface area contributed by atoms with Gasteiger partial charge in [0.25, 0.3) is 0 Å². The van der Waals surface area contributed by atoms with Crippen LogP contribution in [0.1, 0.15) is 51.9 Å². The van der Waals surface area contributed by atoms with Gasteiger partial charge in [-0.25, -0.2) is 0 Å². The molecule has 4 heteroatoms. The van der Waals surface area contributed by atoms with Gasteiger partial charge in [-0.2, -0.15) is 0 Å². The Balaban J connectivity index is 0.000000178. The number of hydrogen-bond acceptors (Lipinski definition) is 4. The van der Waals surface area contributed by atoms with Crippen molar-refractivity contribution in [1.82, 2.24) is 0 Å². The number of rotatable bonds is 8. The molecule has 8 aromatic rings. The van der Waals surface area contributed by atoms with E-state index in [4.69, 9.17) is 9.47 Å². The molecule has 0 aromatic heterocycles. The minimum Gasteiger partial charge on any atom is -0.457 e. The highest BCUT2D eigenvalue weighted by molar-refractivity contribution is 7.99. The zero-order valence-corrected chi connectivity index (χ0v) is 37.7. The third-order valence-electron chi connectivity index (χ3n) is 9.11. The topological polar surface area (TPSA) is 18.5 Å². The third-order valence-corrected chi connectivity index (χ3v) is 11.1. The summed E-state index contributed by atoms with van der Waals surface area (Å²) >= 11 is 3.61. The molecule has 0 saturated heterocycles. The number of ether oxygens (including phenoxy) is 2. The molecule has 312 valence electrons. The molecule has 8 aromatic carbocycles. The number of hydrogen-bond donors (Lipinski definition) is 0. The van der Waals surface area contributed by atoms with E-state index in [1.807, 2.05) is 97.1 Å². The van der Waals surface area contributed by atoms with Crippen LogP contribution in [-0.4, -0.2) is 0 Å². The first-order valence-corrected chi connectivity index (χ1v) is 21.8. The summed E-state index contributed by atoms with van der Waals surface area (Å²) in [6.45, 7) is 16.7. The minimum atomic E-state index is 0. The first-order chi connectivity index (χ1) is 28.9. The molecule has 61 heavy (non-hydrogen) atoms. The van der Waals surface area contributed by atoms with E-state index in [1.54, 1.807) is 23.5 Å². The van der Waals surface area contributed by atoms with E-state index in [0.29, 0.717) is 0 Å². The Morgan fingerprint density at radius 1 is 0.213 bits per heavy atom. The Labute approximate surface area is 375 Å². The van der Waals surface area contributed by atoms with Gasteiger partial charge in [-0.1, -0.05) is 173 Å². The number of aryl methyl sites for hydroxylation is 8. The van der Waals surface area contributed by atoms with Gasteiger partial charge in [0.2, 0.25) is 0 Å². The maximum Gasteiger partial charge on any atom is 0.127 e. The molecule has 2 nitrogen and oxygen atoms in total. The van der Waals surface area contributed by atoms with Crippen LogP contribution in [0.3, 0.4) is 0 Å². The molecule has 0 heterocycles. The molecule has 0 fully saturated rings. The van der Waals surface area contributed by atoms with Crippen LogP contribution in [0, 0.1) is 55.4 Å². The summed E-state index contributed by atoms with van der Waals surface area (Å²) in [6, 6.07) is 66.7. The van der Waals surface area contributed by atoms with E-state index in [9.17, 15) is 0 Å². The van der Waals surface area contributed by atoms with Gasteiger partial charge in [-0.3, -0.25) is 0 Å². The Morgan fingerprint density at radius 3 is 0.492 bits per heavy atom. The second-order valence-corrected chi connectivity index (χ2v) is 17.2. The van der Waals surface area contributed by atoms with Crippen molar-refractivity contribution in [2.75, 3.05) is 0 Å². The summed E-state index contributed by atoms with van der Waals surface area (Å²) < 4.78 is 11.4. The molecule has 0 unspecified atom stereocenters. The Kier molecular flexibility index (Phi) is 19.5. The molecule has 0 saturated carbocycles. The van der Waals surface area contributed by atoms with Crippen LogP contribution in [0.2, 0.25) is 0 Å². The van der Waals surface area contributed by atoms with Crippen molar-refractivity contribution in [1.29, 1.82) is 0 Å². The predicted molar refractivity (Wildman–Crippen MR) is 265 cm³/mol. The zero-order chi connectivity index (χ0) is 42.7. The highest BCUT2D eigenvalue weighted by Crippen LogP contribution is 2.29. The largest absolute Gasteiger partial charge is 0.457 e. The molecule has 0 bridgehead atoms. The fraction of sp³-hybridized carbons (Fsp3) is 0.158. The first kappa shape index (κ1) is 47.7. The predicted octanol–water partition coefficient (Wildman–Crippen LogP) is 17.7. The van der Waals surface area contributed by atoms with Crippen molar-refractivity contribution in [3.63, 3.8) is 0 Å². The molecular formula is C57H60O2S2. The van der Waals surface area contributed by atoms with Crippen LogP contribution in [0.4, 0.5) is 0 Å². The molecule has 0 spiro atoms. The lowest BCUT2D eigenvalue weighted by atomic mass is 10.2. The lowest BCUT2D eigenvalue weighted by Crippen LogP contribution is -1.84. The molecule has 0 aliphatic heterocycles. The summed E-state index contributed by atoms with van der Waals surface area (Å²) in [5, 5.41) is 0. The van der Waals surface area contributed by atoms with Crippen LogP contribution in [0.5, 0.6) is 23.0 Å². The van der Waals surface area contributed by atoms with E-state index in [2.05, 4.69) is 152 Å². The smallest absolute Gasteiger partial charge is 0.127 e. The lowest BCUT2D eigenvalue weighted by Gasteiger charge is -2.05. The molecule has 0 aliphatic carbocycles. The fourth-order valence-corrected chi connectivity index (χ4v) is 7.03. The normalized spacial score (nSPS) is 9.97. The maximum absolute atomic E-state index is 5.69. The average Bonchev–Trinajstić information content (AvgIpc) is 3.25. The van der Waals surface area contributed by atoms with E-state index < -0.39 is 0 Å². The summed E-state index contributed by atoms with van der Waals surface area (Å²) in [7, 11) is 0. The van der Waals surface area contributed by atoms with Gasteiger partial charge in [-0.15, -0.1) is 0 Å². The molecular weight excluding hydrogens is 781 g/mol. The Bertz CT molecular complexity index is 1890. The van der Waals surface area contributed by atoms with E-state index in [-0.39, 0.29) is 7.43 Å². The summed E-state index contributed by atoms with van der Waals surface area (Å²) in [6.07, 6.45) is 0. The summed E-state index contributed by atoms with van der Waals surface area (Å²) in [4.78, 5) is 5.18. The molecule has 0 amide bonds. The van der Waals surface area contributed by atoms with Gasteiger partial charge in [0.1, 0.15) is 23.0 Å². The van der Waals surface area contributed by atoms with Gasteiger partial charge in [0, 0.05) is 19.6 Å². The van der Waals surface area contributed by atoms with Gasteiger partial charge in [0.15, 0.2) is 0 Å². The van der Waals surface area contributed by atoms with Crippen LogP contribution < -0.4 is 9.47 Å². The van der Waals surface area contributed by atoms with Crippen molar-refractivity contribution in [3.05, 3.63) is 239 Å². The van der Waals surface area contributed by atoms with Gasteiger partial charge in [-0.05, 0) is 152 Å². The Hall–Kier alpha value is -5.94. The van der Waals surface area contributed by atoms with Crippen molar-refractivity contribution < 1.29 is 9.47 Å². The van der Waals surface area contributed by atoms with Crippen molar-refractivity contribution in [2.24, 2.45) is 0 Å². The van der Waals surface area contributed by atoms with Crippen molar-refractivity contribution in [3.8, 4) is 23.0 Å². The maximum atomic E-state index is 5.69. The minimum absolute atomic E-state index is 0. The molecule has 0 aliphatic rings. The molecule has 0 atom stereocenters. The first-order valence-electron chi connectivity index (χ1n) is 20.2. The third kappa shape index (κ3) is 18.1. The van der Waals surface area contributed by atoms with Crippen molar-refractivity contribution in [2.45, 2.75) is 82.4 Å². The van der Waals surface area contributed by atoms with Gasteiger partial charge >= 0.3 is 0 Å². The highest BCUT2D eigenvalue weighted by atomic mass is 32.2. The highest BCUT2D eigenvalue weighted by Gasteiger charge is 1.99. The zero-order valence-electron chi connectivity index (χ0n) is 36.1. The monoisotopic (exact) mass is 840 g/mol. The quantitative estimate of drug-likeness (QED) is 0.152. The van der Waals surface area contributed by atoms with Crippen LogP contribution in [0.25, 0.3) is 0 Å². The number of benzene rings is 8. The van der Waals surface area contributed by atoms with Crippen LogP contribution in [-0.2, 0) is 0 Å². The van der Waals surface area contributed by atoms with Crippen LogP contribution >= 0.6 is 23.5 Å². The van der Waals surface area contributed by atoms with Gasteiger partial charge in [0.05, 0.1) is 0 Å². The molecule has 0 N–H and O–H groups in total. The second-order valence-electron chi connectivity index (χ2n) is 14.9. The summed E-state index contributed by atoms with van der Waals surface area (Å²) in [5.41, 5.74) is 10.2. The van der Waals surface area contributed by atoms with E-state index in [1.165, 1.54) is 64.1 Å². The Morgan fingerprint density at radius 2 is 0.344 bits per heavy atom. The van der Waals surface area contributed by atoms with Gasteiger partial charge < -0.3 is 9.47 Å². The van der Waals surface area contributed by atoms with E-state index in [0.717, 1.165) is 23.0 Å². The second kappa shape index (κ2) is 25.0. The van der Waals surface area contributed by atoms with E-state index >= 15 is 0 Å². The molecule has 0 radical (unpaired) electrons. The average molecular weight is 841 g/mol. The lowest BCUT2D eigenvalue weighted by molar-refractivity contribution is 0.482. The SMILES string of the molecule is C.Cc1ccc(Oc2ccc(C)cc2)cc1.Cc1ccc(Oc2ccc(C)cc2)cc1.Cc1ccc(Sc2ccc(C)cc2)cc1.Cc1ccc(Sc2ccc(C)cc2)cc1. The molecule has 8 rings (SSSR count). The summed E-state index contributed by atoms with van der Waals surface area (Å²) in [5.74, 6) is 3.52. The van der Waals surface area contributed by atoms with Crippen molar-refractivity contribution >= 4 is 23.5 Å². The fourth-order valence-electron chi connectivity index (χ4n) is 5.39. The standard InChI is InChI=1S/2C14H14O.2C14H14S.CH4/c4*1-11-3-7-13(8-4-11)15-14-9-5-12(2)6-10-14;/h4*3-10H,1-2H3;1H4.